The molecule has 2 rings (SSSR count). The summed E-state index contributed by atoms with van der Waals surface area (Å²) >= 11 is 6.07. The highest BCUT2D eigenvalue weighted by atomic mass is 35.5. The van der Waals surface area contributed by atoms with Crippen LogP contribution in [-0.2, 0) is 6.54 Å². The van der Waals surface area contributed by atoms with Crippen molar-refractivity contribution >= 4 is 17.3 Å². The standard InChI is InChI=1S/C13H21ClN4O2/c1-17(2)13(4-3-5-13)9-15-10-8-16-18(6-7-19)12(20)11(10)14/h8,15,19H,3-7,9H2,1-2H3. The number of aliphatic hydroxyl groups is 1. The normalized spacial score (nSPS) is 17.1. The minimum absolute atomic E-state index is 0.127. The Morgan fingerprint density at radius 2 is 2.25 bits per heavy atom. The van der Waals surface area contributed by atoms with Gasteiger partial charge in [-0.05, 0) is 33.4 Å². The van der Waals surface area contributed by atoms with Crippen LogP contribution >= 0.6 is 11.6 Å². The number of aliphatic hydroxyl groups excluding tert-OH is 1. The Morgan fingerprint density at radius 3 is 2.75 bits per heavy atom. The van der Waals surface area contributed by atoms with Gasteiger partial charge in [-0.2, -0.15) is 5.10 Å². The first-order chi connectivity index (χ1) is 9.50. The molecule has 0 aliphatic heterocycles. The van der Waals surface area contributed by atoms with Crippen LogP contribution in [0.4, 0.5) is 5.69 Å². The van der Waals surface area contributed by atoms with Gasteiger partial charge < -0.3 is 15.3 Å². The second-order valence-corrected chi connectivity index (χ2v) is 5.83. The summed E-state index contributed by atoms with van der Waals surface area (Å²) in [4.78, 5) is 14.1. The number of aromatic nitrogens is 2. The van der Waals surface area contributed by atoms with E-state index in [1.807, 2.05) is 0 Å². The van der Waals surface area contributed by atoms with Gasteiger partial charge >= 0.3 is 0 Å². The topological polar surface area (TPSA) is 70.4 Å². The third kappa shape index (κ3) is 2.82. The SMILES string of the molecule is CN(C)C1(CNc2cnn(CCO)c(=O)c2Cl)CCC1. The molecule has 0 radical (unpaired) electrons. The van der Waals surface area contributed by atoms with E-state index in [0.717, 1.165) is 19.4 Å². The second-order valence-electron chi connectivity index (χ2n) is 5.45. The summed E-state index contributed by atoms with van der Waals surface area (Å²) in [6, 6.07) is 0. The molecule has 0 saturated heterocycles. The van der Waals surface area contributed by atoms with Gasteiger partial charge in [0.15, 0.2) is 0 Å². The lowest BCUT2D eigenvalue weighted by molar-refractivity contribution is 0.0739. The zero-order chi connectivity index (χ0) is 14.8. The predicted molar refractivity (Wildman–Crippen MR) is 79.4 cm³/mol. The summed E-state index contributed by atoms with van der Waals surface area (Å²) in [7, 11) is 4.14. The molecule has 0 atom stereocenters. The van der Waals surface area contributed by atoms with E-state index >= 15 is 0 Å². The molecule has 0 spiro atoms. The molecule has 1 aromatic rings. The molecule has 1 aliphatic carbocycles. The number of hydrogen-bond acceptors (Lipinski definition) is 5. The van der Waals surface area contributed by atoms with Gasteiger partial charge in [0.1, 0.15) is 5.02 Å². The highest BCUT2D eigenvalue weighted by Crippen LogP contribution is 2.36. The number of nitrogens with one attached hydrogen (secondary N) is 1. The Kier molecular flexibility index (Phi) is 4.67. The third-order valence-electron chi connectivity index (χ3n) is 4.14. The van der Waals surface area contributed by atoms with E-state index in [1.165, 1.54) is 11.1 Å². The van der Waals surface area contributed by atoms with E-state index in [2.05, 4.69) is 29.4 Å². The van der Waals surface area contributed by atoms with Crippen LogP contribution in [0.5, 0.6) is 0 Å². The molecule has 1 aliphatic rings. The Labute approximate surface area is 123 Å². The molecule has 1 saturated carbocycles. The first-order valence-electron chi connectivity index (χ1n) is 6.78. The Hall–Kier alpha value is -1.11. The van der Waals surface area contributed by atoms with Crippen molar-refractivity contribution in [2.24, 2.45) is 0 Å². The average molecular weight is 301 g/mol. The maximum Gasteiger partial charge on any atom is 0.287 e. The summed E-state index contributed by atoms with van der Waals surface area (Å²) in [5.41, 5.74) is 0.320. The molecular weight excluding hydrogens is 280 g/mol. The maximum absolute atomic E-state index is 11.9. The maximum atomic E-state index is 11.9. The minimum atomic E-state index is -0.377. The van der Waals surface area contributed by atoms with Crippen LogP contribution in [0, 0.1) is 0 Å². The summed E-state index contributed by atoms with van der Waals surface area (Å²) in [6.45, 7) is 0.755. The molecule has 112 valence electrons. The summed E-state index contributed by atoms with van der Waals surface area (Å²) < 4.78 is 1.17. The van der Waals surface area contributed by atoms with E-state index < -0.39 is 0 Å². The number of hydrogen-bond donors (Lipinski definition) is 2. The molecule has 0 aromatic carbocycles. The van der Waals surface area contributed by atoms with Crippen LogP contribution < -0.4 is 10.9 Å². The van der Waals surface area contributed by atoms with Crippen LogP contribution in [0.25, 0.3) is 0 Å². The van der Waals surface area contributed by atoms with Crippen LogP contribution in [-0.4, -0.2) is 52.6 Å². The van der Waals surface area contributed by atoms with Crippen molar-refractivity contribution < 1.29 is 5.11 Å². The second kappa shape index (κ2) is 6.11. The van der Waals surface area contributed by atoms with Crippen LogP contribution in [0.3, 0.4) is 0 Å². The van der Waals surface area contributed by atoms with E-state index in [1.54, 1.807) is 6.20 Å². The molecule has 20 heavy (non-hydrogen) atoms. The van der Waals surface area contributed by atoms with Crippen molar-refractivity contribution in [1.29, 1.82) is 0 Å². The quantitative estimate of drug-likeness (QED) is 0.813. The first kappa shape index (κ1) is 15.3. The summed E-state index contributed by atoms with van der Waals surface area (Å²) in [5.74, 6) is 0. The van der Waals surface area contributed by atoms with Gasteiger partial charge in [-0.1, -0.05) is 11.6 Å². The predicted octanol–water partition coefficient (Wildman–Crippen LogP) is 0.785. The molecule has 0 unspecified atom stereocenters. The van der Waals surface area contributed by atoms with Crippen LogP contribution in [0.15, 0.2) is 11.0 Å². The Bertz CT molecular complexity index is 526. The van der Waals surface area contributed by atoms with Crippen molar-refractivity contribution in [3.8, 4) is 0 Å². The average Bonchev–Trinajstić information content (AvgIpc) is 2.36. The number of halogens is 1. The van der Waals surface area contributed by atoms with Crippen molar-refractivity contribution in [2.75, 3.05) is 32.6 Å². The lowest BCUT2D eigenvalue weighted by Crippen LogP contribution is -2.54. The van der Waals surface area contributed by atoms with Crippen LogP contribution in [0.1, 0.15) is 19.3 Å². The number of likely N-dealkylation sites (N-methyl/N-ethyl adjacent to an activating group) is 1. The highest BCUT2D eigenvalue weighted by Gasteiger charge is 2.38. The molecule has 1 heterocycles. The lowest BCUT2D eigenvalue weighted by atomic mass is 9.75. The molecule has 0 amide bonds. The van der Waals surface area contributed by atoms with Crippen molar-refractivity contribution in [3.05, 3.63) is 21.6 Å². The Balaban J connectivity index is 2.11. The smallest absolute Gasteiger partial charge is 0.287 e. The minimum Gasteiger partial charge on any atom is -0.394 e. The number of rotatable bonds is 6. The van der Waals surface area contributed by atoms with Gasteiger partial charge in [-0.15, -0.1) is 0 Å². The Morgan fingerprint density at radius 1 is 1.55 bits per heavy atom. The lowest BCUT2D eigenvalue weighted by Gasteiger charge is -2.47. The number of anilines is 1. The van der Waals surface area contributed by atoms with E-state index in [4.69, 9.17) is 16.7 Å². The number of nitrogens with zero attached hydrogens (tertiary/aromatic N) is 3. The first-order valence-corrected chi connectivity index (χ1v) is 7.16. The van der Waals surface area contributed by atoms with Crippen LogP contribution in [0.2, 0.25) is 5.02 Å². The van der Waals surface area contributed by atoms with Gasteiger partial charge in [0.05, 0.1) is 25.0 Å². The zero-order valence-corrected chi connectivity index (χ0v) is 12.7. The van der Waals surface area contributed by atoms with E-state index in [0.29, 0.717) is 5.69 Å². The fourth-order valence-corrected chi connectivity index (χ4v) is 2.68. The molecule has 2 N–H and O–H groups in total. The monoisotopic (exact) mass is 300 g/mol. The van der Waals surface area contributed by atoms with Gasteiger partial charge in [0.2, 0.25) is 0 Å². The summed E-state index contributed by atoms with van der Waals surface area (Å²) in [5, 5.41) is 16.2. The van der Waals surface area contributed by atoms with Gasteiger partial charge in [0, 0.05) is 12.1 Å². The molecular formula is C13H21ClN4O2. The molecule has 1 fully saturated rings. The van der Waals surface area contributed by atoms with Gasteiger partial charge in [-0.3, -0.25) is 4.79 Å². The van der Waals surface area contributed by atoms with Gasteiger partial charge in [-0.25, -0.2) is 4.68 Å². The van der Waals surface area contributed by atoms with Crippen molar-refractivity contribution in [1.82, 2.24) is 14.7 Å². The molecule has 7 heteroatoms. The van der Waals surface area contributed by atoms with E-state index in [9.17, 15) is 4.79 Å². The molecule has 6 nitrogen and oxygen atoms in total. The third-order valence-corrected chi connectivity index (χ3v) is 4.50. The zero-order valence-electron chi connectivity index (χ0n) is 11.9. The van der Waals surface area contributed by atoms with Crippen molar-refractivity contribution in [2.45, 2.75) is 31.3 Å². The fourth-order valence-electron chi connectivity index (χ4n) is 2.47. The van der Waals surface area contributed by atoms with Crippen molar-refractivity contribution in [3.63, 3.8) is 0 Å². The van der Waals surface area contributed by atoms with Gasteiger partial charge in [0.25, 0.3) is 5.56 Å². The summed E-state index contributed by atoms with van der Waals surface area (Å²) in [6.07, 6.45) is 5.05. The molecule has 0 bridgehead atoms. The largest absolute Gasteiger partial charge is 0.394 e. The van der Waals surface area contributed by atoms with E-state index in [-0.39, 0.29) is 29.3 Å². The fraction of sp³-hybridized carbons (Fsp3) is 0.692. The highest BCUT2D eigenvalue weighted by molar-refractivity contribution is 6.32. The molecule has 1 aromatic heterocycles.